The Morgan fingerprint density at radius 3 is 2.61 bits per heavy atom. The van der Waals surface area contributed by atoms with Gasteiger partial charge in [-0.1, -0.05) is 18.2 Å². The molecule has 2 heterocycles. The molecule has 3 N–H and O–H groups in total. The van der Waals surface area contributed by atoms with Gasteiger partial charge in [0.15, 0.2) is 0 Å². The molecule has 7 heteroatoms. The van der Waals surface area contributed by atoms with Crippen LogP contribution in [0.25, 0.3) is 5.69 Å². The number of hydrogen-bond acceptors (Lipinski definition) is 4. The van der Waals surface area contributed by atoms with Crippen LogP contribution in [0.5, 0.6) is 0 Å². The van der Waals surface area contributed by atoms with Crippen molar-refractivity contribution in [3.8, 4) is 5.69 Å². The third kappa shape index (κ3) is 2.86. The zero-order chi connectivity index (χ0) is 16.4. The van der Waals surface area contributed by atoms with Crippen molar-refractivity contribution in [3.05, 3.63) is 64.8 Å². The Bertz CT molecular complexity index is 867. The van der Waals surface area contributed by atoms with Gasteiger partial charge >= 0.3 is 0 Å². The molecule has 0 aliphatic carbocycles. The first-order valence-corrected chi connectivity index (χ1v) is 7.74. The Hall–Kier alpha value is -2.93. The van der Waals surface area contributed by atoms with Gasteiger partial charge in [0.2, 0.25) is 0 Å². The quantitative estimate of drug-likeness (QED) is 0.772. The van der Waals surface area contributed by atoms with Gasteiger partial charge in [-0.25, -0.2) is 4.68 Å². The molecule has 0 saturated heterocycles. The molecule has 0 bridgehead atoms. The summed E-state index contributed by atoms with van der Waals surface area (Å²) in [4.78, 5) is 23.8. The smallest absolute Gasteiger partial charge is 0.259 e. The summed E-state index contributed by atoms with van der Waals surface area (Å²) in [5, 5.41) is 9.12. The first kappa shape index (κ1) is 15.0. The molecule has 0 spiro atoms. The first-order chi connectivity index (χ1) is 11.1. The highest BCUT2D eigenvalue weighted by Gasteiger charge is 2.18. The highest BCUT2D eigenvalue weighted by atomic mass is 32.1. The van der Waals surface area contributed by atoms with Crippen molar-refractivity contribution in [2.75, 3.05) is 5.32 Å². The lowest BCUT2D eigenvalue weighted by Crippen LogP contribution is -2.17. The number of rotatable bonds is 4. The van der Waals surface area contributed by atoms with Gasteiger partial charge in [0, 0.05) is 0 Å². The third-order valence-electron chi connectivity index (χ3n) is 3.41. The molecule has 0 atom stereocenters. The molecule has 0 saturated carbocycles. The zero-order valence-electron chi connectivity index (χ0n) is 12.3. The fraction of sp³-hybridized carbons (Fsp3) is 0.0625. The van der Waals surface area contributed by atoms with E-state index in [-0.39, 0.29) is 5.91 Å². The summed E-state index contributed by atoms with van der Waals surface area (Å²) in [5.41, 5.74) is 7.61. The highest BCUT2D eigenvalue weighted by Crippen LogP contribution is 2.24. The Labute approximate surface area is 136 Å². The number of para-hydroxylation sites is 1. The molecule has 0 fully saturated rings. The predicted molar refractivity (Wildman–Crippen MR) is 89.1 cm³/mol. The summed E-state index contributed by atoms with van der Waals surface area (Å²) in [5.74, 6) is -0.895. The molecule has 1 aromatic carbocycles. The molecule has 3 aromatic rings. The Balaban J connectivity index is 1.88. The number of carbonyl (C=O) groups excluding carboxylic acids is 2. The van der Waals surface area contributed by atoms with E-state index in [0.717, 1.165) is 5.69 Å². The number of aromatic nitrogens is 2. The maximum atomic E-state index is 12.4. The van der Waals surface area contributed by atoms with Crippen molar-refractivity contribution in [3.63, 3.8) is 0 Å². The molecule has 3 rings (SSSR count). The van der Waals surface area contributed by atoms with Crippen LogP contribution >= 0.6 is 11.3 Å². The number of nitrogens with one attached hydrogen (secondary N) is 1. The van der Waals surface area contributed by atoms with Crippen molar-refractivity contribution in [1.29, 1.82) is 0 Å². The van der Waals surface area contributed by atoms with Gasteiger partial charge in [-0.2, -0.15) is 5.10 Å². The lowest BCUT2D eigenvalue weighted by atomic mass is 10.2. The van der Waals surface area contributed by atoms with E-state index < -0.39 is 5.91 Å². The van der Waals surface area contributed by atoms with Gasteiger partial charge < -0.3 is 11.1 Å². The lowest BCUT2D eigenvalue weighted by Gasteiger charge is -2.06. The Kier molecular flexibility index (Phi) is 3.94. The summed E-state index contributed by atoms with van der Waals surface area (Å²) in [6.45, 7) is 1.82. The molecule has 0 aliphatic heterocycles. The number of thiophene rings is 1. The number of nitrogens with two attached hydrogens (primary N) is 1. The van der Waals surface area contributed by atoms with E-state index in [1.54, 1.807) is 16.1 Å². The Morgan fingerprint density at radius 2 is 1.91 bits per heavy atom. The fourth-order valence-electron chi connectivity index (χ4n) is 2.23. The van der Waals surface area contributed by atoms with Gasteiger partial charge in [0.05, 0.1) is 28.7 Å². The van der Waals surface area contributed by atoms with Crippen LogP contribution in [0.15, 0.2) is 48.0 Å². The maximum Gasteiger partial charge on any atom is 0.259 e. The second-order valence-corrected chi connectivity index (χ2v) is 5.79. The van der Waals surface area contributed by atoms with E-state index in [0.29, 0.717) is 21.8 Å². The number of primary amides is 1. The SMILES string of the molecule is Cc1c(C(=O)Nc2sccc2C(N)=O)cnn1-c1ccccc1. The zero-order valence-corrected chi connectivity index (χ0v) is 13.1. The monoisotopic (exact) mass is 326 g/mol. The summed E-state index contributed by atoms with van der Waals surface area (Å²) < 4.78 is 1.69. The van der Waals surface area contributed by atoms with Crippen LogP contribution in [-0.2, 0) is 0 Å². The second-order valence-electron chi connectivity index (χ2n) is 4.87. The van der Waals surface area contributed by atoms with Crippen molar-refractivity contribution < 1.29 is 9.59 Å². The summed E-state index contributed by atoms with van der Waals surface area (Å²) in [7, 11) is 0. The molecule has 6 nitrogen and oxygen atoms in total. The molecule has 23 heavy (non-hydrogen) atoms. The van der Waals surface area contributed by atoms with Crippen LogP contribution in [0.4, 0.5) is 5.00 Å². The molecule has 0 aliphatic rings. The van der Waals surface area contributed by atoms with E-state index in [9.17, 15) is 9.59 Å². The molecule has 0 radical (unpaired) electrons. The van der Waals surface area contributed by atoms with Crippen molar-refractivity contribution in [2.24, 2.45) is 5.73 Å². The Morgan fingerprint density at radius 1 is 1.17 bits per heavy atom. The van der Waals surface area contributed by atoms with Crippen LogP contribution in [0, 0.1) is 6.92 Å². The topological polar surface area (TPSA) is 90.0 Å². The standard InChI is InChI=1S/C16H14N4O2S/c1-10-13(9-18-20(10)11-5-3-2-4-6-11)15(22)19-16-12(14(17)21)7-8-23-16/h2-9H,1H3,(H2,17,21)(H,19,22). The van der Waals surface area contributed by atoms with E-state index in [1.165, 1.54) is 17.5 Å². The first-order valence-electron chi connectivity index (χ1n) is 6.86. The third-order valence-corrected chi connectivity index (χ3v) is 4.24. The molecular weight excluding hydrogens is 312 g/mol. The number of carbonyl (C=O) groups is 2. The number of benzene rings is 1. The summed E-state index contributed by atoms with van der Waals surface area (Å²) in [6.07, 6.45) is 1.51. The van der Waals surface area contributed by atoms with Gasteiger partial charge in [-0.05, 0) is 30.5 Å². The van der Waals surface area contributed by atoms with Crippen molar-refractivity contribution in [2.45, 2.75) is 6.92 Å². The van der Waals surface area contributed by atoms with Gasteiger partial charge in [0.1, 0.15) is 5.00 Å². The molecule has 2 amide bonds. The number of nitrogens with zero attached hydrogens (tertiary/aromatic N) is 2. The van der Waals surface area contributed by atoms with Crippen LogP contribution < -0.4 is 11.1 Å². The van der Waals surface area contributed by atoms with Crippen molar-refractivity contribution >= 4 is 28.2 Å². The van der Waals surface area contributed by atoms with Gasteiger partial charge in [-0.15, -0.1) is 11.3 Å². The fourth-order valence-corrected chi connectivity index (χ4v) is 3.02. The predicted octanol–water partition coefficient (Wildman–Crippen LogP) is 2.59. The van der Waals surface area contributed by atoms with E-state index in [1.807, 2.05) is 37.3 Å². The number of anilines is 1. The summed E-state index contributed by atoms with van der Waals surface area (Å²) in [6, 6.07) is 11.1. The van der Waals surface area contributed by atoms with E-state index >= 15 is 0 Å². The highest BCUT2D eigenvalue weighted by molar-refractivity contribution is 7.14. The lowest BCUT2D eigenvalue weighted by molar-refractivity contribution is 0.100. The van der Waals surface area contributed by atoms with Crippen LogP contribution in [-0.4, -0.2) is 21.6 Å². The minimum atomic E-state index is -0.571. The average Bonchev–Trinajstić information content (AvgIpc) is 3.14. The minimum Gasteiger partial charge on any atom is -0.366 e. The number of hydrogen-bond donors (Lipinski definition) is 2. The van der Waals surface area contributed by atoms with Gasteiger partial charge in [-0.3, -0.25) is 9.59 Å². The van der Waals surface area contributed by atoms with E-state index in [4.69, 9.17) is 5.73 Å². The van der Waals surface area contributed by atoms with Crippen molar-refractivity contribution in [1.82, 2.24) is 9.78 Å². The maximum absolute atomic E-state index is 12.4. The number of amides is 2. The van der Waals surface area contributed by atoms with Gasteiger partial charge in [0.25, 0.3) is 11.8 Å². The normalized spacial score (nSPS) is 10.5. The van der Waals surface area contributed by atoms with Crippen LogP contribution in [0.3, 0.4) is 0 Å². The molecule has 0 unspecified atom stereocenters. The minimum absolute atomic E-state index is 0.302. The molecule has 116 valence electrons. The van der Waals surface area contributed by atoms with Crippen LogP contribution in [0.1, 0.15) is 26.4 Å². The molecular formula is C16H14N4O2S. The largest absolute Gasteiger partial charge is 0.366 e. The summed E-state index contributed by atoms with van der Waals surface area (Å²) >= 11 is 1.25. The van der Waals surface area contributed by atoms with E-state index in [2.05, 4.69) is 10.4 Å². The second kappa shape index (κ2) is 6.05. The van der Waals surface area contributed by atoms with Crippen LogP contribution in [0.2, 0.25) is 0 Å². The average molecular weight is 326 g/mol. The molecule has 2 aromatic heterocycles.